The number of methoxy groups -OCH3 is 1. The number of rotatable bonds is 4. The summed E-state index contributed by atoms with van der Waals surface area (Å²) in [5.74, 6) is 1.77. The third kappa shape index (κ3) is 4.06. The van der Waals surface area contributed by atoms with Crippen LogP contribution in [0.5, 0.6) is 11.5 Å². The second-order valence-corrected chi connectivity index (χ2v) is 8.44. The van der Waals surface area contributed by atoms with Crippen molar-refractivity contribution in [1.29, 1.82) is 0 Å². The van der Waals surface area contributed by atoms with Gasteiger partial charge >= 0.3 is 0 Å². The lowest BCUT2D eigenvalue weighted by Gasteiger charge is -2.40. The highest BCUT2D eigenvalue weighted by Crippen LogP contribution is 2.38. The summed E-state index contributed by atoms with van der Waals surface area (Å²) in [6.07, 6.45) is 6.13. The lowest BCUT2D eigenvalue weighted by Crippen LogP contribution is -2.47. The van der Waals surface area contributed by atoms with Crippen LogP contribution in [0.2, 0.25) is 0 Å². The number of ether oxygens (including phenoxy) is 3. The van der Waals surface area contributed by atoms with Crippen LogP contribution in [-0.4, -0.2) is 46.7 Å². The van der Waals surface area contributed by atoms with Gasteiger partial charge in [-0.2, -0.15) is 0 Å². The van der Waals surface area contributed by atoms with E-state index in [0.717, 1.165) is 34.7 Å². The average molecular weight is 446 g/mol. The van der Waals surface area contributed by atoms with E-state index < -0.39 is 0 Å². The topological polar surface area (TPSA) is 65.8 Å². The lowest BCUT2D eigenvalue weighted by molar-refractivity contribution is -0.142. The molecule has 0 aliphatic carbocycles. The standard InChI is InChI=1S/C26H27N3O4/c1-17-14-28(16-27-17)22-9-8-19(12-24(22)31-3)13-25-26(30)29(15-18(2)33-25)21-10-11-32-23-7-5-4-6-20(21)23/h4-9,12-14,16,18,21H,10-11,15H2,1-3H3/b25-13-/t18-,21+/m1/s1. The zero-order valence-electron chi connectivity index (χ0n) is 19.0. The van der Waals surface area contributed by atoms with Gasteiger partial charge in [-0.25, -0.2) is 4.98 Å². The van der Waals surface area contributed by atoms with Crippen molar-refractivity contribution >= 4 is 12.0 Å². The van der Waals surface area contributed by atoms with Crippen LogP contribution in [0.4, 0.5) is 0 Å². The van der Waals surface area contributed by atoms with E-state index in [1.165, 1.54) is 0 Å². The van der Waals surface area contributed by atoms with Crippen LogP contribution in [0.3, 0.4) is 0 Å². The number of nitrogens with zero attached hydrogens (tertiary/aromatic N) is 3. The first kappa shape index (κ1) is 21.1. The van der Waals surface area contributed by atoms with Crippen LogP contribution in [0.25, 0.3) is 11.8 Å². The molecular formula is C26H27N3O4. The molecule has 7 nitrogen and oxygen atoms in total. The molecule has 0 N–H and O–H groups in total. The highest BCUT2D eigenvalue weighted by atomic mass is 16.5. The van der Waals surface area contributed by atoms with Gasteiger partial charge in [0.05, 0.1) is 44.0 Å². The van der Waals surface area contributed by atoms with Crippen molar-refractivity contribution in [1.82, 2.24) is 14.5 Å². The summed E-state index contributed by atoms with van der Waals surface area (Å²) in [6, 6.07) is 13.7. The second-order valence-electron chi connectivity index (χ2n) is 8.44. The summed E-state index contributed by atoms with van der Waals surface area (Å²) < 4.78 is 19.3. The molecule has 2 aliphatic heterocycles. The first-order valence-electron chi connectivity index (χ1n) is 11.1. The summed E-state index contributed by atoms with van der Waals surface area (Å²) in [4.78, 5) is 19.7. The average Bonchev–Trinajstić information content (AvgIpc) is 3.26. The molecule has 0 saturated carbocycles. The Labute approximate surface area is 193 Å². The van der Waals surface area contributed by atoms with E-state index >= 15 is 0 Å². The molecule has 0 spiro atoms. The van der Waals surface area contributed by atoms with E-state index in [1.807, 2.05) is 72.0 Å². The van der Waals surface area contributed by atoms with E-state index in [-0.39, 0.29) is 18.1 Å². The fourth-order valence-electron chi connectivity index (χ4n) is 4.52. The maximum atomic E-state index is 13.5. The number of hydrogen-bond donors (Lipinski definition) is 0. The number of carbonyl (C=O) groups is 1. The highest BCUT2D eigenvalue weighted by molar-refractivity contribution is 5.97. The van der Waals surface area contributed by atoms with Gasteiger partial charge in [-0.15, -0.1) is 0 Å². The smallest absolute Gasteiger partial charge is 0.289 e. The molecule has 7 heteroatoms. The van der Waals surface area contributed by atoms with Crippen LogP contribution < -0.4 is 9.47 Å². The van der Waals surface area contributed by atoms with Gasteiger partial charge in [0.2, 0.25) is 0 Å². The molecule has 33 heavy (non-hydrogen) atoms. The van der Waals surface area contributed by atoms with E-state index in [4.69, 9.17) is 14.2 Å². The molecule has 1 amide bonds. The summed E-state index contributed by atoms with van der Waals surface area (Å²) in [5.41, 5.74) is 3.68. The number of benzene rings is 2. The lowest BCUT2D eigenvalue weighted by atomic mass is 9.97. The Morgan fingerprint density at radius 2 is 2.06 bits per heavy atom. The van der Waals surface area contributed by atoms with Crippen molar-refractivity contribution in [3.8, 4) is 17.2 Å². The quantitative estimate of drug-likeness (QED) is 0.560. The Morgan fingerprint density at radius 3 is 2.85 bits per heavy atom. The van der Waals surface area contributed by atoms with Crippen LogP contribution in [-0.2, 0) is 9.53 Å². The molecule has 2 aliphatic rings. The molecule has 3 aromatic rings. The third-order valence-corrected chi connectivity index (χ3v) is 6.05. The summed E-state index contributed by atoms with van der Waals surface area (Å²) in [7, 11) is 1.63. The Kier molecular flexibility index (Phi) is 5.54. The van der Waals surface area contributed by atoms with E-state index in [0.29, 0.717) is 24.7 Å². The number of carbonyl (C=O) groups excluding carboxylic acids is 1. The van der Waals surface area contributed by atoms with Gasteiger partial charge in [-0.1, -0.05) is 24.3 Å². The molecule has 5 rings (SSSR count). The number of imidazole rings is 1. The molecule has 170 valence electrons. The zero-order chi connectivity index (χ0) is 22.9. The predicted molar refractivity (Wildman–Crippen MR) is 124 cm³/mol. The number of morpholine rings is 1. The highest BCUT2D eigenvalue weighted by Gasteiger charge is 2.37. The largest absolute Gasteiger partial charge is 0.495 e. The fourth-order valence-corrected chi connectivity index (χ4v) is 4.52. The van der Waals surface area contributed by atoms with Crippen LogP contribution in [0.1, 0.15) is 36.2 Å². The Morgan fingerprint density at radius 1 is 1.21 bits per heavy atom. The van der Waals surface area contributed by atoms with Crippen LogP contribution >= 0.6 is 0 Å². The van der Waals surface area contributed by atoms with E-state index in [2.05, 4.69) is 4.98 Å². The minimum Gasteiger partial charge on any atom is -0.495 e. The normalized spacial score (nSPS) is 21.4. The van der Waals surface area contributed by atoms with Crippen molar-refractivity contribution in [2.24, 2.45) is 0 Å². The van der Waals surface area contributed by atoms with Gasteiger partial charge in [0, 0.05) is 18.2 Å². The number of aryl methyl sites for hydroxylation is 1. The van der Waals surface area contributed by atoms with Gasteiger partial charge < -0.3 is 23.7 Å². The summed E-state index contributed by atoms with van der Waals surface area (Å²) in [6.45, 7) is 5.06. The molecule has 1 aromatic heterocycles. The van der Waals surface area contributed by atoms with E-state index in [1.54, 1.807) is 19.5 Å². The summed E-state index contributed by atoms with van der Waals surface area (Å²) >= 11 is 0. The summed E-state index contributed by atoms with van der Waals surface area (Å²) in [5, 5.41) is 0. The van der Waals surface area contributed by atoms with Gasteiger partial charge in [-0.3, -0.25) is 4.79 Å². The van der Waals surface area contributed by atoms with Gasteiger partial charge in [0.25, 0.3) is 5.91 Å². The van der Waals surface area contributed by atoms with Crippen LogP contribution in [0.15, 0.2) is 60.7 Å². The fraction of sp³-hybridized carbons (Fsp3) is 0.308. The molecule has 3 heterocycles. The zero-order valence-corrected chi connectivity index (χ0v) is 19.0. The number of fused-ring (bicyclic) bond motifs is 1. The Hall–Kier alpha value is -3.74. The monoisotopic (exact) mass is 445 g/mol. The number of amides is 1. The van der Waals surface area contributed by atoms with Crippen molar-refractivity contribution in [2.45, 2.75) is 32.4 Å². The van der Waals surface area contributed by atoms with Gasteiger partial charge in [0.15, 0.2) is 5.76 Å². The van der Waals surface area contributed by atoms with Gasteiger partial charge in [-0.05, 0) is 43.7 Å². The SMILES string of the molecule is COc1cc(/C=C2\O[C@H](C)CN([C@H]3CCOc4ccccc43)C2=O)ccc1-n1cnc(C)c1. The molecule has 0 unspecified atom stereocenters. The maximum absolute atomic E-state index is 13.5. The maximum Gasteiger partial charge on any atom is 0.289 e. The minimum absolute atomic E-state index is 0.0291. The molecule has 0 radical (unpaired) electrons. The second kappa shape index (κ2) is 8.65. The minimum atomic E-state index is -0.112. The molecule has 2 atom stereocenters. The van der Waals surface area contributed by atoms with Crippen molar-refractivity contribution in [3.05, 3.63) is 77.6 Å². The third-order valence-electron chi connectivity index (χ3n) is 6.05. The Balaban J connectivity index is 1.46. The molecular weight excluding hydrogens is 418 g/mol. The number of para-hydroxylation sites is 1. The number of aromatic nitrogens is 2. The van der Waals surface area contributed by atoms with Crippen molar-refractivity contribution < 1.29 is 19.0 Å². The van der Waals surface area contributed by atoms with Crippen molar-refractivity contribution in [3.63, 3.8) is 0 Å². The molecule has 0 bridgehead atoms. The van der Waals surface area contributed by atoms with Gasteiger partial charge in [0.1, 0.15) is 17.6 Å². The van der Waals surface area contributed by atoms with Crippen LogP contribution in [0, 0.1) is 6.92 Å². The molecule has 1 saturated heterocycles. The molecule has 1 fully saturated rings. The predicted octanol–water partition coefficient (Wildman–Crippen LogP) is 4.30. The first-order valence-corrected chi connectivity index (χ1v) is 11.1. The van der Waals surface area contributed by atoms with Crippen molar-refractivity contribution in [2.75, 3.05) is 20.3 Å². The first-order chi connectivity index (χ1) is 16.0. The molecule has 2 aromatic carbocycles. The number of hydrogen-bond acceptors (Lipinski definition) is 5. The Bertz CT molecular complexity index is 1220. The van der Waals surface area contributed by atoms with E-state index in [9.17, 15) is 4.79 Å².